The molecule has 1 aliphatic heterocycles. The third-order valence-electron chi connectivity index (χ3n) is 4.77. The van der Waals surface area contributed by atoms with E-state index in [1.807, 2.05) is 20.9 Å². The predicted molar refractivity (Wildman–Crippen MR) is 96.9 cm³/mol. The van der Waals surface area contributed by atoms with E-state index in [0.29, 0.717) is 6.42 Å². The average molecular weight is 328 g/mol. The molecule has 1 aromatic heterocycles. The van der Waals surface area contributed by atoms with E-state index in [2.05, 4.69) is 48.6 Å². The Labute approximate surface area is 144 Å². The van der Waals surface area contributed by atoms with Gasteiger partial charge < -0.3 is 9.30 Å². The summed E-state index contributed by atoms with van der Waals surface area (Å²) in [6, 6.07) is 4.56. The fourth-order valence-electron chi connectivity index (χ4n) is 3.44. The van der Waals surface area contributed by atoms with Gasteiger partial charge in [0.15, 0.2) is 0 Å². The zero-order chi connectivity index (χ0) is 17.6. The highest BCUT2D eigenvalue weighted by atomic mass is 16.5. The van der Waals surface area contributed by atoms with E-state index in [1.165, 1.54) is 22.0 Å². The Morgan fingerprint density at radius 1 is 1.21 bits per heavy atom. The summed E-state index contributed by atoms with van der Waals surface area (Å²) in [5.41, 5.74) is 5.18. The topological polar surface area (TPSA) is 34.5 Å². The Hall–Kier alpha value is -1.81. The van der Waals surface area contributed by atoms with Crippen LogP contribution in [0.1, 0.15) is 51.3 Å². The van der Waals surface area contributed by atoms with Crippen molar-refractivity contribution in [1.29, 1.82) is 0 Å². The van der Waals surface area contributed by atoms with E-state index < -0.39 is 0 Å². The second kappa shape index (κ2) is 5.92. The first-order valence-electron chi connectivity index (χ1n) is 8.69. The number of aryl methyl sites for hydroxylation is 1. The Kier molecular flexibility index (Phi) is 4.20. The monoisotopic (exact) mass is 328 g/mol. The van der Waals surface area contributed by atoms with Gasteiger partial charge in [0.2, 0.25) is 0 Å². The average Bonchev–Trinajstić information content (AvgIpc) is 2.98. The van der Waals surface area contributed by atoms with Crippen molar-refractivity contribution in [2.75, 3.05) is 0 Å². The molecule has 130 valence electrons. The van der Waals surface area contributed by atoms with Crippen molar-refractivity contribution < 1.29 is 9.53 Å². The lowest BCUT2D eigenvalue weighted by Crippen LogP contribution is -2.36. The molecule has 4 heteroatoms. The first-order valence-corrected chi connectivity index (χ1v) is 8.69. The van der Waals surface area contributed by atoms with Crippen molar-refractivity contribution in [3.05, 3.63) is 35.0 Å². The van der Waals surface area contributed by atoms with E-state index in [-0.39, 0.29) is 17.6 Å². The first-order chi connectivity index (χ1) is 11.1. The first kappa shape index (κ1) is 17.0. The van der Waals surface area contributed by atoms with Gasteiger partial charge in [-0.05, 0) is 63.4 Å². The van der Waals surface area contributed by atoms with Crippen molar-refractivity contribution in [3.8, 4) is 0 Å². The van der Waals surface area contributed by atoms with Gasteiger partial charge in [0.1, 0.15) is 0 Å². The molecule has 0 amide bonds. The van der Waals surface area contributed by atoms with Crippen LogP contribution in [0.25, 0.3) is 10.9 Å². The van der Waals surface area contributed by atoms with Crippen molar-refractivity contribution >= 4 is 16.9 Å². The molecule has 0 aliphatic carbocycles. The van der Waals surface area contributed by atoms with Crippen molar-refractivity contribution in [1.82, 2.24) is 9.47 Å². The molecule has 0 spiro atoms. The molecule has 1 aromatic carbocycles. The summed E-state index contributed by atoms with van der Waals surface area (Å²) in [7, 11) is 2.04. The van der Waals surface area contributed by atoms with Crippen molar-refractivity contribution in [3.63, 3.8) is 0 Å². The summed E-state index contributed by atoms with van der Waals surface area (Å²) in [5, 5.41) is 1.17. The van der Waals surface area contributed by atoms with Gasteiger partial charge in [-0.2, -0.15) is 0 Å². The lowest BCUT2D eigenvalue weighted by molar-refractivity contribution is -0.146. The zero-order valence-electron chi connectivity index (χ0n) is 15.6. The van der Waals surface area contributed by atoms with Gasteiger partial charge in [-0.15, -0.1) is 0 Å². The quantitative estimate of drug-likeness (QED) is 0.804. The highest BCUT2D eigenvalue weighted by Gasteiger charge is 2.29. The number of aromatic nitrogens is 1. The Morgan fingerprint density at radius 3 is 2.42 bits per heavy atom. The number of nitrogens with zero attached hydrogens (tertiary/aromatic N) is 2. The summed E-state index contributed by atoms with van der Waals surface area (Å²) in [4.78, 5) is 14.5. The van der Waals surface area contributed by atoms with Crippen molar-refractivity contribution in [2.24, 2.45) is 7.05 Å². The summed E-state index contributed by atoms with van der Waals surface area (Å²) < 4.78 is 7.43. The number of hydrogen-bond acceptors (Lipinski definition) is 3. The smallest absolute Gasteiger partial charge is 0.310 e. The van der Waals surface area contributed by atoms with Crippen LogP contribution in [0.4, 0.5) is 0 Å². The lowest BCUT2D eigenvalue weighted by Gasteiger charge is -2.31. The number of fused-ring (bicyclic) bond motifs is 2. The molecule has 0 atom stereocenters. The minimum Gasteiger partial charge on any atom is -0.463 e. The molecule has 24 heavy (non-hydrogen) atoms. The maximum absolute atomic E-state index is 12.1. The van der Waals surface area contributed by atoms with Gasteiger partial charge in [0.05, 0.1) is 12.5 Å². The minimum absolute atomic E-state index is 0.0722. The van der Waals surface area contributed by atoms with Gasteiger partial charge in [-0.25, -0.2) is 0 Å². The molecule has 0 saturated heterocycles. The molecule has 0 fully saturated rings. The standard InChI is InChI=1S/C20H28N2O2/c1-13(2)24-19(23)9-16-10-21(6)18-8-15-12-22(20(3,4)5)11-14(15)7-17(16)18/h7-8,10,13H,9,11-12H2,1-6H3. The van der Waals surface area contributed by atoms with Crippen LogP contribution in [-0.2, 0) is 36.1 Å². The SMILES string of the molecule is CC(C)OC(=O)Cc1cn(C)c2cc3c(cc12)CN(C(C)(C)C)C3. The van der Waals surface area contributed by atoms with Gasteiger partial charge in [-0.3, -0.25) is 9.69 Å². The molecular formula is C20H28N2O2. The lowest BCUT2D eigenvalue weighted by atomic mass is 10.0. The molecule has 0 bridgehead atoms. The molecular weight excluding hydrogens is 300 g/mol. The predicted octanol–water partition coefficient (Wildman–Crippen LogP) is 3.79. The summed E-state index contributed by atoms with van der Waals surface area (Å²) in [6.07, 6.45) is 2.32. The van der Waals surface area contributed by atoms with E-state index in [1.54, 1.807) is 0 Å². The molecule has 3 rings (SSSR count). The molecule has 0 N–H and O–H groups in total. The van der Waals surface area contributed by atoms with Crippen LogP contribution in [0, 0.1) is 0 Å². The highest BCUT2D eigenvalue weighted by molar-refractivity contribution is 5.89. The third-order valence-corrected chi connectivity index (χ3v) is 4.77. The number of carbonyl (C=O) groups is 1. The van der Waals surface area contributed by atoms with E-state index >= 15 is 0 Å². The molecule has 4 nitrogen and oxygen atoms in total. The summed E-state index contributed by atoms with van der Waals surface area (Å²) >= 11 is 0. The van der Waals surface area contributed by atoms with Gasteiger partial charge in [-0.1, -0.05) is 0 Å². The molecule has 0 saturated carbocycles. The van der Waals surface area contributed by atoms with Gasteiger partial charge >= 0.3 is 5.97 Å². The summed E-state index contributed by atoms with van der Waals surface area (Å²) in [5.74, 6) is -0.158. The minimum atomic E-state index is -0.158. The van der Waals surface area contributed by atoms with Crippen LogP contribution in [0.3, 0.4) is 0 Å². The normalized spacial score (nSPS) is 15.3. The largest absolute Gasteiger partial charge is 0.463 e. The molecule has 0 radical (unpaired) electrons. The second-order valence-electron chi connectivity index (χ2n) is 8.15. The number of esters is 1. The third kappa shape index (κ3) is 3.20. The Morgan fingerprint density at radius 2 is 1.83 bits per heavy atom. The second-order valence-corrected chi connectivity index (χ2v) is 8.15. The Bertz CT molecular complexity index is 781. The fourth-order valence-corrected chi connectivity index (χ4v) is 3.44. The van der Waals surface area contributed by atoms with E-state index in [0.717, 1.165) is 18.7 Å². The van der Waals surface area contributed by atoms with Crippen LogP contribution < -0.4 is 0 Å². The number of ether oxygens (including phenoxy) is 1. The number of rotatable bonds is 3. The molecule has 2 heterocycles. The highest BCUT2D eigenvalue weighted by Crippen LogP contribution is 2.33. The molecule has 1 aliphatic rings. The summed E-state index contributed by atoms with van der Waals surface area (Å²) in [6.45, 7) is 12.5. The Balaban J connectivity index is 1.94. The van der Waals surface area contributed by atoms with Crippen LogP contribution >= 0.6 is 0 Å². The van der Waals surface area contributed by atoms with Crippen LogP contribution in [-0.4, -0.2) is 27.1 Å². The van der Waals surface area contributed by atoms with Crippen LogP contribution in [0.2, 0.25) is 0 Å². The van der Waals surface area contributed by atoms with Gasteiger partial charge in [0, 0.05) is 42.8 Å². The maximum atomic E-state index is 12.1. The number of benzene rings is 1. The number of carbonyl (C=O) groups excluding carboxylic acids is 1. The van der Waals surface area contributed by atoms with E-state index in [4.69, 9.17) is 4.74 Å². The zero-order valence-corrected chi connectivity index (χ0v) is 15.6. The molecule has 2 aromatic rings. The fraction of sp³-hybridized carbons (Fsp3) is 0.550. The van der Waals surface area contributed by atoms with Crippen LogP contribution in [0.5, 0.6) is 0 Å². The van der Waals surface area contributed by atoms with Gasteiger partial charge in [0.25, 0.3) is 0 Å². The number of hydrogen-bond donors (Lipinski definition) is 0. The molecule has 0 unspecified atom stereocenters. The van der Waals surface area contributed by atoms with Crippen molar-refractivity contribution in [2.45, 2.75) is 65.8 Å². The maximum Gasteiger partial charge on any atom is 0.310 e. The van der Waals surface area contributed by atoms with E-state index in [9.17, 15) is 4.79 Å². The van der Waals surface area contributed by atoms with Crippen LogP contribution in [0.15, 0.2) is 18.3 Å².